The van der Waals surface area contributed by atoms with Crippen LogP contribution in [-0.4, -0.2) is 68.8 Å². The van der Waals surface area contributed by atoms with E-state index in [1.54, 1.807) is 0 Å². The van der Waals surface area contributed by atoms with Gasteiger partial charge in [-0.1, -0.05) is 0 Å². The number of hydrogen-bond acceptors (Lipinski definition) is 6. The summed E-state index contributed by atoms with van der Waals surface area (Å²) in [6, 6.07) is 0. The first-order valence-corrected chi connectivity index (χ1v) is 10.6. The fraction of sp³-hybridized carbons (Fsp3) is 0.571. The van der Waals surface area contributed by atoms with Crippen LogP contribution in [-0.2, 0) is 4.74 Å². The molecule has 0 saturated carbocycles. The number of H-pyrrole nitrogens is 1. The minimum Gasteiger partial charge on any atom is -0.387 e. The number of halogens is 1. The van der Waals surface area contributed by atoms with E-state index < -0.39 is 37.1 Å². The van der Waals surface area contributed by atoms with Crippen molar-refractivity contribution in [3.05, 3.63) is 16.7 Å². The number of nitrogens with one attached hydrogen (secondary N) is 1. The number of aromatic nitrogens is 4. The number of nitrogens with zero attached hydrogens (tertiary/aromatic N) is 3. The molecular weight excluding hydrogens is 336 g/mol. The lowest BCUT2D eigenvalue weighted by Gasteiger charge is -2.18. The maximum Gasteiger partial charge on any atom is 0.280 e. The monoisotopic (exact) mass is 357 g/mol. The number of fused-ring (bicyclic) bond motifs is 1. The number of anilines is 1. The Bertz CT molecular complexity index is 860. The van der Waals surface area contributed by atoms with Crippen LogP contribution in [0.2, 0.25) is 0 Å². The van der Waals surface area contributed by atoms with Gasteiger partial charge >= 0.3 is 0 Å². The molecular formula is C14H21FN5O3P. The smallest absolute Gasteiger partial charge is 0.280 e. The van der Waals surface area contributed by atoms with Gasteiger partial charge in [-0.3, -0.25) is 14.3 Å². The molecule has 4 atom stereocenters. The summed E-state index contributed by atoms with van der Waals surface area (Å²) >= 11 is 0. The maximum absolute atomic E-state index is 14.6. The highest BCUT2D eigenvalue weighted by atomic mass is 31.2. The van der Waals surface area contributed by atoms with Gasteiger partial charge in [-0.05, 0) is 25.9 Å². The Hall–Kier alpha value is -1.70. The molecule has 3 rings (SSSR count). The minimum atomic E-state index is -1.65. The number of nitrogens with two attached hydrogens (primary N) is 1. The molecule has 4 N–H and O–H groups in total. The molecule has 1 saturated heterocycles. The number of alkyl halides is 1. The summed E-state index contributed by atoms with van der Waals surface area (Å²) in [7, 11) is 0. The van der Waals surface area contributed by atoms with E-state index >= 15 is 0 Å². The number of ether oxygens (including phenoxy) is 1. The summed E-state index contributed by atoms with van der Waals surface area (Å²) in [5, 5.41) is 10.1. The summed E-state index contributed by atoms with van der Waals surface area (Å²) in [4.78, 5) is 22.1. The summed E-state index contributed by atoms with van der Waals surface area (Å²) in [5.41, 5.74) is 5.20. The van der Waals surface area contributed by atoms with Gasteiger partial charge in [0.05, 0.1) is 12.4 Å². The third-order valence-electron chi connectivity index (χ3n) is 4.04. The van der Waals surface area contributed by atoms with Crippen molar-refractivity contribution in [3.63, 3.8) is 0 Å². The molecule has 0 spiro atoms. The highest BCUT2D eigenvalue weighted by Gasteiger charge is 2.45. The van der Waals surface area contributed by atoms with Crippen molar-refractivity contribution in [2.75, 3.05) is 25.2 Å². The zero-order valence-corrected chi connectivity index (χ0v) is 14.4. The fourth-order valence-corrected chi connectivity index (χ4v) is 3.73. The van der Waals surface area contributed by atoms with E-state index in [2.05, 4.69) is 34.6 Å². The molecule has 2 aromatic rings. The van der Waals surface area contributed by atoms with E-state index in [0.717, 1.165) is 6.16 Å². The molecule has 0 bridgehead atoms. The Morgan fingerprint density at radius 2 is 2.29 bits per heavy atom. The Balaban J connectivity index is 1.90. The van der Waals surface area contributed by atoms with Crippen molar-refractivity contribution in [1.29, 1.82) is 0 Å². The Morgan fingerprint density at radius 3 is 2.96 bits per heavy atom. The number of imidazole rings is 1. The summed E-state index contributed by atoms with van der Waals surface area (Å²) in [6.07, 6.45) is 2.04. The van der Waals surface area contributed by atoms with Crippen LogP contribution < -0.4 is 11.3 Å². The van der Waals surface area contributed by atoms with Gasteiger partial charge in [0, 0.05) is 0 Å². The highest BCUT2D eigenvalue weighted by molar-refractivity contribution is 7.72. The molecule has 132 valence electrons. The van der Waals surface area contributed by atoms with Gasteiger partial charge in [-0.25, -0.2) is 9.37 Å². The SMILES string of the molecule is C=P(C)(C)CC[C@H]1OC(n2cnc3c(=O)[nH]c(N)nc32)[C@H](F)[C@@H]1O. The van der Waals surface area contributed by atoms with Crippen molar-refractivity contribution >= 4 is 30.3 Å². The van der Waals surface area contributed by atoms with Crippen LogP contribution in [0.1, 0.15) is 12.6 Å². The van der Waals surface area contributed by atoms with Crippen LogP contribution in [0.3, 0.4) is 0 Å². The quantitative estimate of drug-likeness (QED) is 0.682. The number of aromatic amines is 1. The lowest BCUT2D eigenvalue weighted by molar-refractivity contribution is -0.0233. The molecule has 0 amide bonds. The molecule has 1 aliphatic heterocycles. The normalized spacial score (nSPS) is 27.8. The lowest BCUT2D eigenvalue weighted by Crippen LogP contribution is -2.29. The Morgan fingerprint density at radius 1 is 1.58 bits per heavy atom. The third kappa shape index (κ3) is 3.11. The second-order valence-corrected chi connectivity index (χ2v) is 11.0. The van der Waals surface area contributed by atoms with Crippen LogP contribution in [0.25, 0.3) is 11.2 Å². The predicted molar refractivity (Wildman–Crippen MR) is 92.7 cm³/mol. The molecule has 1 aliphatic rings. The van der Waals surface area contributed by atoms with E-state index in [1.807, 2.05) is 0 Å². The average Bonchev–Trinajstić information content (AvgIpc) is 3.00. The standard InChI is InChI=1S/C14H21FN5O3P/c1-24(2,3)5-4-7-10(21)8(15)13(23-7)20-6-17-9-11(20)18-14(16)19-12(9)22/h6-8,10,13,21H,1,4-5H2,2-3H3,(H3,16,18,19,22)/t7-,8-,10-,13?/m1/s1. The van der Waals surface area contributed by atoms with E-state index in [4.69, 9.17) is 10.5 Å². The van der Waals surface area contributed by atoms with Crippen molar-refractivity contribution in [3.8, 4) is 0 Å². The molecule has 24 heavy (non-hydrogen) atoms. The van der Waals surface area contributed by atoms with Gasteiger partial charge in [0.15, 0.2) is 23.6 Å². The van der Waals surface area contributed by atoms with Crippen molar-refractivity contribution in [2.45, 2.75) is 31.0 Å². The van der Waals surface area contributed by atoms with Crippen LogP contribution in [0, 0.1) is 0 Å². The van der Waals surface area contributed by atoms with E-state index in [1.165, 1.54) is 10.9 Å². The van der Waals surface area contributed by atoms with Crippen LogP contribution in [0.5, 0.6) is 0 Å². The largest absolute Gasteiger partial charge is 0.387 e. The molecule has 0 aromatic carbocycles. The third-order valence-corrected chi connectivity index (χ3v) is 5.51. The second kappa shape index (κ2) is 5.98. The summed E-state index contributed by atoms with van der Waals surface area (Å²) in [6.45, 7) is 2.84. The summed E-state index contributed by atoms with van der Waals surface area (Å²) in [5.74, 6) is -0.0941. The van der Waals surface area contributed by atoms with E-state index in [9.17, 15) is 14.3 Å². The molecule has 3 heterocycles. The van der Waals surface area contributed by atoms with E-state index in [0.29, 0.717) is 6.42 Å². The van der Waals surface area contributed by atoms with Gasteiger partial charge in [-0.15, -0.1) is 13.2 Å². The minimum absolute atomic E-state index is 0.0442. The van der Waals surface area contributed by atoms with Crippen LogP contribution >= 0.6 is 6.89 Å². The maximum atomic E-state index is 14.6. The van der Waals surface area contributed by atoms with Crippen LogP contribution in [0.15, 0.2) is 11.1 Å². The number of rotatable bonds is 4. The molecule has 10 heteroatoms. The molecule has 0 radical (unpaired) electrons. The zero-order chi connectivity index (χ0) is 17.6. The van der Waals surface area contributed by atoms with Crippen molar-refractivity contribution in [2.24, 2.45) is 0 Å². The zero-order valence-electron chi connectivity index (χ0n) is 13.5. The van der Waals surface area contributed by atoms with Gasteiger partial charge in [0.25, 0.3) is 5.56 Å². The van der Waals surface area contributed by atoms with E-state index in [-0.39, 0.29) is 17.1 Å². The summed E-state index contributed by atoms with van der Waals surface area (Å²) < 4.78 is 21.6. The molecule has 1 fully saturated rings. The number of aliphatic hydroxyl groups is 1. The number of nitrogen functional groups attached to an aromatic ring is 1. The topological polar surface area (TPSA) is 119 Å². The predicted octanol–water partition coefficient (Wildman–Crippen LogP) is 0.398. The Labute approximate surface area is 137 Å². The number of hydrogen-bond donors (Lipinski definition) is 3. The first-order valence-electron chi connectivity index (χ1n) is 7.54. The number of aliphatic hydroxyl groups excluding tert-OH is 1. The lowest BCUT2D eigenvalue weighted by atomic mass is 10.1. The van der Waals surface area contributed by atoms with Gasteiger partial charge in [0.2, 0.25) is 5.95 Å². The van der Waals surface area contributed by atoms with Crippen molar-refractivity contribution in [1.82, 2.24) is 19.5 Å². The first kappa shape index (κ1) is 17.1. The van der Waals surface area contributed by atoms with Gasteiger partial charge < -0.3 is 15.6 Å². The van der Waals surface area contributed by atoms with Crippen molar-refractivity contribution < 1.29 is 14.2 Å². The molecule has 1 unspecified atom stereocenters. The highest BCUT2D eigenvalue weighted by Crippen LogP contribution is 2.40. The Kier molecular flexibility index (Phi) is 4.27. The molecule has 0 aliphatic carbocycles. The fourth-order valence-electron chi connectivity index (χ4n) is 2.77. The average molecular weight is 357 g/mol. The molecule has 8 nitrogen and oxygen atoms in total. The molecule has 2 aromatic heterocycles. The first-order chi connectivity index (χ1) is 11.2. The second-order valence-electron chi connectivity index (χ2n) is 6.72. The van der Waals surface area contributed by atoms with Gasteiger partial charge in [0.1, 0.15) is 6.10 Å². The van der Waals surface area contributed by atoms with Gasteiger partial charge in [-0.2, -0.15) is 4.98 Å². The van der Waals surface area contributed by atoms with Crippen LogP contribution in [0.4, 0.5) is 10.3 Å².